The number of nitrogens with zero attached hydrogens (tertiary/aromatic N) is 2. The average Bonchev–Trinajstić information content (AvgIpc) is 3.81. The summed E-state index contributed by atoms with van der Waals surface area (Å²) in [4.78, 5) is 4.88. The van der Waals surface area contributed by atoms with Gasteiger partial charge in [-0.05, 0) is 140 Å². The van der Waals surface area contributed by atoms with Gasteiger partial charge in [-0.15, -0.1) is 26.0 Å². The van der Waals surface area contributed by atoms with Crippen LogP contribution in [0.1, 0.15) is 54.2 Å². The molecule has 3 aliphatic rings. The van der Waals surface area contributed by atoms with Crippen LogP contribution in [0.3, 0.4) is 0 Å². The van der Waals surface area contributed by atoms with Gasteiger partial charge in [0.2, 0.25) is 0 Å². The Kier molecular flexibility index (Phi) is 11.5. The second-order valence-electron chi connectivity index (χ2n) is 18.1. The lowest BCUT2D eigenvalue weighted by atomic mass is 9.64. The third-order valence-corrected chi connectivity index (χ3v) is 14.4. The maximum atomic E-state index is 4.57. The number of terminal acetylenes is 1. The maximum absolute atomic E-state index is 4.57. The van der Waals surface area contributed by atoms with Gasteiger partial charge in [-0.1, -0.05) is 184 Å². The molecule has 332 valence electrons. The van der Waals surface area contributed by atoms with Crippen molar-refractivity contribution in [1.82, 2.24) is 0 Å². The summed E-state index contributed by atoms with van der Waals surface area (Å²) in [7, 11) is 0. The number of anilines is 6. The fraction of sp³-hybridized carbons (Fsp3) is 0.0746. The van der Waals surface area contributed by atoms with Gasteiger partial charge in [0.15, 0.2) is 0 Å². The van der Waals surface area contributed by atoms with E-state index in [1.54, 1.807) is 0 Å². The van der Waals surface area contributed by atoms with Crippen LogP contribution < -0.4 is 9.80 Å². The number of rotatable bonds is 6. The quantitative estimate of drug-likeness (QED) is 0.121. The van der Waals surface area contributed by atoms with Crippen molar-refractivity contribution >= 4 is 39.7 Å². The fourth-order valence-electron chi connectivity index (χ4n) is 11.3. The molecule has 0 aromatic heterocycles. The van der Waals surface area contributed by atoms with Crippen LogP contribution in [0.2, 0.25) is 0 Å². The molecule has 9 aromatic carbocycles. The Bertz CT molecular complexity index is 3400. The summed E-state index contributed by atoms with van der Waals surface area (Å²) in [5, 5.41) is 0. The molecule has 1 heterocycles. The smallest absolute Gasteiger partial charge is 0.0754 e. The van der Waals surface area contributed by atoms with Gasteiger partial charge in [0, 0.05) is 28.0 Å². The van der Waals surface area contributed by atoms with Crippen molar-refractivity contribution in [2.45, 2.75) is 31.6 Å². The average molecular weight is 887 g/mol. The Morgan fingerprint density at radius 2 is 0.957 bits per heavy atom. The molecular weight excluding hydrogens is 833 g/mol. The minimum Gasteiger partial charge on any atom is -0.310 e. The Hall–Kier alpha value is -8.64. The molecule has 2 aliphatic carbocycles. The summed E-state index contributed by atoms with van der Waals surface area (Å²) in [6.45, 7) is 17.3. The first-order valence-electron chi connectivity index (χ1n) is 23.6. The van der Waals surface area contributed by atoms with Crippen molar-refractivity contribution in [1.29, 1.82) is 0 Å². The van der Waals surface area contributed by atoms with Crippen molar-refractivity contribution in [3.8, 4) is 46.2 Å². The minimum atomic E-state index is -0.516. The molecule has 0 unspecified atom stereocenters. The number of hydrogen-bond donors (Lipinski definition) is 0. The van der Waals surface area contributed by atoms with Crippen molar-refractivity contribution < 1.29 is 0 Å². The van der Waals surface area contributed by atoms with Crippen LogP contribution in [0.5, 0.6) is 0 Å². The Labute approximate surface area is 408 Å². The van der Waals surface area contributed by atoms with Crippen LogP contribution in [-0.4, -0.2) is 0 Å². The summed E-state index contributed by atoms with van der Waals surface area (Å²) >= 11 is 0. The van der Waals surface area contributed by atoms with Crippen molar-refractivity contribution in [3.05, 3.63) is 283 Å². The zero-order valence-corrected chi connectivity index (χ0v) is 39.5. The summed E-state index contributed by atoms with van der Waals surface area (Å²) in [5.74, 6) is 0. The number of allylic oxidation sites excluding steroid dienone is 3. The van der Waals surface area contributed by atoms with Gasteiger partial charge >= 0.3 is 0 Å². The zero-order chi connectivity index (χ0) is 47.9. The predicted octanol–water partition coefficient (Wildman–Crippen LogP) is 17.9. The van der Waals surface area contributed by atoms with E-state index in [-0.39, 0.29) is 5.41 Å². The van der Waals surface area contributed by atoms with Crippen LogP contribution in [0.25, 0.3) is 39.0 Å². The highest BCUT2D eigenvalue weighted by Crippen LogP contribution is 2.63. The van der Waals surface area contributed by atoms with E-state index in [9.17, 15) is 0 Å². The molecule has 2 nitrogen and oxygen atoms in total. The molecule has 0 saturated heterocycles. The molecule has 1 aliphatic heterocycles. The summed E-state index contributed by atoms with van der Waals surface area (Å²) < 4.78 is 0. The van der Waals surface area contributed by atoms with Crippen LogP contribution in [-0.2, 0) is 10.8 Å². The summed E-state index contributed by atoms with van der Waals surface area (Å²) in [6, 6.07) is 80.8. The predicted molar refractivity (Wildman–Crippen MR) is 295 cm³/mol. The Morgan fingerprint density at radius 1 is 0.449 bits per heavy atom. The lowest BCUT2D eigenvalue weighted by Crippen LogP contribution is -2.36. The maximum Gasteiger partial charge on any atom is 0.0754 e. The number of benzene rings is 9. The molecule has 0 saturated carbocycles. The molecule has 0 fully saturated rings. The zero-order valence-electron chi connectivity index (χ0n) is 39.5. The van der Waals surface area contributed by atoms with Gasteiger partial charge in [-0.25, -0.2) is 0 Å². The van der Waals surface area contributed by atoms with E-state index in [0.29, 0.717) is 0 Å². The van der Waals surface area contributed by atoms with E-state index in [2.05, 4.69) is 288 Å². The van der Waals surface area contributed by atoms with E-state index in [1.807, 2.05) is 0 Å². The molecule has 69 heavy (non-hydrogen) atoms. The standard InChI is InChI=1S/C63H48N2.C2H4.C2H2/c1-5-49-42(2)62(3,4)57-41-48(37-39-52(49)57)64(59-29-17-13-24-50(59)44-20-8-6-9-21-44)47-35-32-43(33-36-47)45-34-38-53-51-25-12-14-26-54(51)63(58(53)40-45)55-27-15-18-30-60(55)65(46-22-10-7-11-23-46)61-31-19-16-28-56(61)63;2*1-2/h5-41H,2H2,1,3-4H3;1-2H2;1-2H/b49-5+;;. The molecule has 0 amide bonds. The molecule has 9 aromatic rings. The number of para-hydroxylation sites is 4. The first kappa shape index (κ1) is 44.2. The molecule has 2 heteroatoms. The molecule has 1 spiro atoms. The van der Waals surface area contributed by atoms with Crippen molar-refractivity contribution in [3.63, 3.8) is 0 Å². The van der Waals surface area contributed by atoms with Crippen LogP contribution >= 0.6 is 0 Å². The van der Waals surface area contributed by atoms with E-state index in [1.165, 1.54) is 89.3 Å². The molecule has 0 bridgehead atoms. The van der Waals surface area contributed by atoms with E-state index < -0.39 is 5.41 Å². The van der Waals surface area contributed by atoms with E-state index >= 15 is 0 Å². The largest absolute Gasteiger partial charge is 0.310 e. The second-order valence-corrected chi connectivity index (χ2v) is 18.1. The second kappa shape index (κ2) is 17.9. The van der Waals surface area contributed by atoms with E-state index in [4.69, 9.17) is 0 Å². The normalized spacial score (nSPS) is 14.5. The first-order valence-corrected chi connectivity index (χ1v) is 23.6. The highest BCUT2D eigenvalue weighted by Gasteiger charge is 2.51. The molecule has 0 radical (unpaired) electrons. The summed E-state index contributed by atoms with van der Waals surface area (Å²) in [5.41, 5.74) is 23.7. The highest BCUT2D eigenvalue weighted by molar-refractivity contribution is 5.97. The number of hydrogen-bond acceptors (Lipinski definition) is 2. The Morgan fingerprint density at radius 3 is 1.61 bits per heavy atom. The number of fused-ring (bicyclic) bond motifs is 10. The van der Waals surface area contributed by atoms with Crippen LogP contribution in [0.4, 0.5) is 34.1 Å². The van der Waals surface area contributed by atoms with Gasteiger partial charge < -0.3 is 9.80 Å². The first-order chi connectivity index (χ1) is 33.9. The van der Waals surface area contributed by atoms with Gasteiger partial charge in [-0.3, -0.25) is 0 Å². The Balaban J connectivity index is 0.00000135. The van der Waals surface area contributed by atoms with Gasteiger partial charge in [-0.2, -0.15) is 0 Å². The topological polar surface area (TPSA) is 6.48 Å². The molecule has 0 N–H and O–H groups in total. The summed E-state index contributed by atoms with van der Waals surface area (Å²) in [6.07, 6.45) is 10.2. The van der Waals surface area contributed by atoms with Crippen molar-refractivity contribution in [2.24, 2.45) is 0 Å². The van der Waals surface area contributed by atoms with Crippen molar-refractivity contribution in [2.75, 3.05) is 9.80 Å². The van der Waals surface area contributed by atoms with Gasteiger partial charge in [0.1, 0.15) is 0 Å². The van der Waals surface area contributed by atoms with Crippen LogP contribution in [0.15, 0.2) is 250 Å². The lowest BCUT2D eigenvalue weighted by Gasteiger charge is -2.45. The SMILES string of the molecule is C#C.C=C.C=C1/C(=C\C)c2ccc(N(c3ccc(-c4ccc5c(c4)C4(c6ccccc6-5)c5ccccc5N(c5ccccc5)c5ccccc54)cc3)c3ccccc3-c3ccccc3)cc2C1(C)C. The highest BCUT2D eigenvalue weighted by atomic mass is 15.2. The molecule has 0 atom stereocenters. The van der Waals surface area contributed by atoms with Gasteiger partial charge in [0.25, 0.3) is 0 Å². The minimum absolute atomic E-state index is 0.189. The third-order valence-electron chi connectivity index (χ3n) is 14.4. The fourth-order valence-corrected chi connectivity index (χ4v) is 11.3. The van der Waals surface area contributed by atoms with Gasteiger partial charge in [0.05, 0.1) is 22.5 Å². The lowest BCUT2D eigenvalue weighted by molar-refractivity contribution is 0.663. The van der Waals surface area contributed by atoms with E-state index in [0.717, 1.165) is 22.7 Å². The molecular formula is C67H54N2. The molecule has 12 rings (SSSR count). The third kappa shape index (κ3) is 6.81. The monoisotopic (exact) mass is 886 g/mol. The van der Waals surface area contributed by atoms with Crippen LogP contribution in [0, 0.1) is 12.8 Å².